The summed E-state index contributed by atoms with van der Waals surface area (Å²) in [6, 6.07) is 31.1. The van der Waals surface area contributed by atoms with E-state index >= 15 is 0 Å². The third kappa shape index (κ3) is 6.72. The minimum Gasteiger partial charge on any atom is -0.495 e. The van der Waals surface area contributed by atoms with Crippen molar-refractivity contribution in [3.63, 3.8) is 0 Å². The third-order valence-electron chi connectivity index (χ3n) is 9.39. The predicted octanol–water partition coefficient (Wildman–Crippen LogP) is 6.44. The number of carbonyl (C=O) groups is 1. The van der Waals surface area contributed by atoms with Crippen molar-refractivity contribution in [3.05, 3.63) is 144 Å². The summed E-state index contributed by atoms with van der Waals surface area (Å²) in [5, 5.41) is 4.64. The molecule has 1 atom stereocenters. The summed E-state index contributed by atoms with van der Waals surface area (Å²) in [6.45, 7) is 6.11. The number of nitrogens with zero attached hydrogens (tertiary/aromatic N) is 3. The topological polar surface area (TPSA) is 79.6 Å². The Labute approximate surface area is 292 Å². The molecule has 5 aromatic rings. The van der Waals surface area contributed by atoms with Gasteiger partial charge in [-0.25, -0.2) is 9.37 Å². The number of methoxy groups -OCH3 is 1. The molecule has 6 rings (SSSR count). The van der Waals surface area contributed by atoms with Crippen molar-refractivity contribution in [1.82, 2.24) is 19.8 Å². The Morgan fingerprint density at radius 2 is 1.63 bits per heavy atom. The molecule has 1 fully saturated rings. The summed E-state index contributed by atoms with van der Waals surface area (Å²) >= 11 is 5.79. The second kappa shape index (κ2) is 13.9. The summed E-state index contributed by atoms with van der Waals surface area (Å²) < 4.78 is 21.7. The Kier molecular flexibility index (Phi) is 9.65. The van der Waals surface area contributed by atoms with E-state index in [-0.39, 0.29) is 16.8 Å². The number of imidazole rings is 1. The maximum atomic E-state index is 14.2. The van der Waals surface area contributed by atoms with Gasteiger partial charge < -0.3 is 19.4 Å². The largest absolute Gasteiger partial charge is 0.495 e. The number of carbonyl (C=O) groups excluding carboxylic acids is 1. The zero-order chi connectivity index (χ0) is 34.8. The molecule has 1 aliphatic heterocycles. The number of thiocarbonyl (C=S) groups is 1. The third-order valence-corrected chi connectivity index (χ3v) is 14.2. The molecule has 0 saturated carbocycles. The molecule has 0 aliphatic carbocycles. The van der Waals surface area contributed by atoms with Crippen LogP contribution in [-0.2, 0) is 4.79 Å². The summed E-state index contributed by atoms with van der Waals surface area (Å²) in [4.78, 5) is 32.8. The molecular weight excluding hydrogens is 652 g/mol. The number of aromatic nitrogens is 2. The molecule has 10 heteroatoms. The Morgan fingerprint density at radius 1 is 1.00 bits per heavy atom. The number of hydrogen-bond donors (Lipinski definition) is 2. The molecule has 250 valence electrons. The average Bonchev–Trinajstić information content (AvgIpc) is 3.67. The van der Waals surface area contributed by atoms with Crippen LogP contribution >= 0.6 is 12.2 Å². The molecule has 1 amide bonds. The molecule has 0 radical (unpaired) electrons. The van der Waals surface area contributed by atoms with Crippen LogP contribution in [0.15, 0.2) is 121 Å². The van der Waals surface area contributed by atoms with Gasteiger partial charge in [-0.2, -0.15) is 0 Å². The van der Waals surface area contributed by atoms with Gasteiger partial charge in [-0.05, 0) is 88.9 Å². The lowest BCUT2D eigenvalue weighted by atomic mass is 9.95. The Morgan fingerprint density at radius 3 is 2.20 bits per heavy atom. The van der Waals surface area contributed by atoms with Crippen LogP contribution in [0.25, 0.3) is 11.8 Å². The van der Waals surface area contributed by atoms with E-state index in [1.54, 1.807) is 36.5 Å². The van der Waals surface area contributed by atoms with Gasteiger partial charge in [0.05, 0.1) is 30.9 Å². The van der Waals surface area contributed by atoms with E-state index < -0.39 is 19.4 Å². The van der Waals surface area contributed by atoms with Crippen molar-refractivity contribution in [2.24, 2.45) is 0 Å². The van der Waals surface area contributed by atoms with Crippen LogP contribution < -0.4 is 20.4 Å². The fraction of sp³-hybridized carbons (Fsp3) is 0.205. The van der Waals surface area contributed by atoms with Crippen molar-refractivity contribution in [2.45, 2.75) is 44.7 Å². The second-order valence-corrected chi connectivity index (χ2v) is 17.3. The number of nitrogens with one attached hydrogen (secondary N) is 1. The molecule has 0 unspecified atom stereocenters. The van der Waals surface area contributed by atoms with Crippen molar-refractivity contribution < 1.29 is 18.7 Å². The number of amides is 1. The highest BCUT2D eigenvalue weighted by Crippen LogP contribution is 2.43. The number of benzene rings is 4. The average molecular weight is 691 g/mol. The molecule has 49 heavy (non-hydrogen) atoms. The number of halogens is 1. The van der Waals surface area contributed by atoms with E-state index in [9.17, 15) is 14.0 Å². The van der Waals surface area contributed by atoms with Gasteiger partial charge in [0.25, 0.3) is 14.2 Å². The monoisotopic (exact) mass is 690 g/mol. The molecule has 7 nitrogen and oxygen atoms in total. The van der Waals surface area contributed by atoms with E-state index in [2.05, 4.69) is 24.1 Å². The molecule has 2 N–H and O–H groups in total. The zero-order valence-electron chi connectivity index (χ0n) is 27.9. The van der Waals surface area contributed by atoms with Gasteiger partial charge in [-0.3, -0.25) is 9.69 Å². The smallest absolute Gasteiger partial charge is 0.277 e. The highest BCUT2D eigenvalue weighted by molar-refractivity contribution is 7.80. The number of hydrogen-bond acceptors (Lipinski definition) is 5. The zero-order valence-corrected chi connectivity index (χ0v) is 29.7. The maximum absolute atomic E-state index is 14.2. The molecule has 1 aromatic heterocycles. The van der Waals surface area contributed by atoms with Gasteiger partial charge in [-0.15, -0.1) is 0 Å². The first kappa shape index (κ1) is 34.0. The standard InChI is InChI=1S/C39H39FN4O3SSi/c1-27-25-43(26-41-27)35-20-15-28(24-36(35)47-4)23-33-37(45)44(38(48)42-33)34(29-16-18-30(40)19-17-29)21-22-39(2,3)49(46,31-11-7-5-8-12-31)32-13-9-6-10-14-32/h5-20,23-26,34,46H,21-22H2,1-4H3,(H,42,48)/b33-23-/t34-/m1/s1. The molecule has 0 bridgehead atoms. The SMILES string of the molecule is COc1cc(/C=C2\NC(=S)N([C@H](CCC(C)(C)[Si](O)(c3ccccc3)c3ccccc3)c3ccc(F)cc3)C2=O)ccc1-n1cnc(C)c1. The summed E-state index contributed by atoms with van der Waals surface area (Å²) in [7, 11) is -1.72. The normalized spacial score (nSPS) is 15.1. The Bertz CT molecular complexity index is 1960. The summed E-state index contributed by atoms with van der Waals surface area (Å²) in [6.07, 6.45) is 6.42. The number of aryl methyl sites for hydroxylation is 1. The van der Waals surface area contributed by atoms with Crippen LogP contribution in [0, 0.1) is 12.7 Å². The number of rotatable bonds is 11. The van der Waals surface area contributed by atoms with Crippen LogP contribution in [0.3, 0.4) is 0 Å². The van der Waals surface area contributed by atoms with E-state index in [0.717, 1.165) is 32.9 Å². The van der Waals surface area contributed by atoms with Gasteiger partial charge in [0.15, 0.2) is 5.11 Å². The van der Waals surface area contributed by atoms with E-state index in [1.807, 2.05) is 96.6 Å². The van der Waals surface area contributed by atoms with Crippen molar-refractivity contribution in [2.75, 3.05) is 7.11 Å². The Hall–Kier alpha value is -4.90. The van der Waals surface area contributed by atoms with Gasteiger partial charge >= 0.3 is 0 Å². The summed E-state index contributed by atoms with van der Waals surface area (Å²) in [5.41, 5.74) is 3.53. The van der Waals surface area contributed by atoms with E-state index in [4.69, 9.17) is 17.0 Å². The van der Waals surface area contributed by atoms with Crippen molar-refractivity contribution >= 4 is 48.0 Å². The molecular formula is C39H39FN4O3SSi. The first-order chi connectivity index (χ1) is 23.5. The fourth-order valence-electron chi connectivity index (χ4n) is 6.66. The van der Waals surface area contributed by atoms with E-state index in [1.165, 1.54) is 12.1 Å². The van der Waals surface area contributed by atoms with Crippen molar-refractivity contribution in [1.29, 1.82) is 0 Å². The Balaban J connectivity index is 1.32. The quantitative estimate of drug-likeness (QED) is 0.0944. The van der Waals surface area contributed by atoms with Crippen LogP contribution in [0.1, 0.15) is 49.6 Å². The van der Waals surface area contributed by atoms with Gasteiger partial charge in [-0.1, -0.05) is 92.7 Å². The van der Waals surface area contributed by atoms with Crippen LogP contribution in [-0.4, -0.2) is 45.7 Å². The molecule has 1 aliphatic rings. The van der Waals surface area contributed by atoms with E-state index in [0.29, 0.717) is 24.3 Å². The van der Waals surface area contributed by atoms with Crippen LogP contribution in [0.4, 0.5) is 4.39 Å². The molecule has 1 saturated heterocycles. The predicted molar refractivity (Wildman–Crippen MR) is 198 cm³/mol. The fourth-order valence-corrected chi connectivity index (χ4v) is 10.7. The summed E-state index contributed by atoms with van der Waals surface area (Å²) in [5.74, 6) is -0.0318. The molecule has 4 aromatic carbocycles. The first-order valence-electron chi connectivity index (χ1n) is 16.2. The van der Waals surface area contributed by atoms with Crippen LogP contribution in [0.5, 0.6) is 5.75 Å². The molecule has 2 heterocycles. The lowest BCUT2D eigenvalue weighted by Gasteiger charge is -2.42. The highest BCUT2D eigenvalue weighted by atomic mass is 32.1. The lowest BCUT2D eigenvalue weighted by Crippen LogP contribution is -2.65. The minimum absolute atomic E-state index is 0.263. The minimum atomic E-state index is -3.32. The first-order valence-corrected chi connectivity index (χ1v) is 18.5. The number of ether oxygens (including phenoxy) is 1. The maximum Gasteiger partial charge on any atom is 0.277 e. The van der Waals surface area contributed by atoms with Crippen molar-refractivity contribution in [3.8, 4) is 11.4 Å². The van der Waals surface area contributed by atoms with Gasteiger partial charge in [0.1, 0.15) is 17.3 Å². The molecule has 0 spiro atoms. The highest BCUT2D eigenvalue weighted by Gasteiger charge is 2.50. The van der Waals surface area contributed by atoms with Crippen LogP contribution in [0.2, 0.25) is 5.04 Å². The van der Waals surface area contributed by atoms with Gasteiger partial charge in [0, 0.05) is 6.20 Å². The van der Waals surface area contributed by atoms with Gasteiger partial charge in [0.2, 0.25) is 0 Å². The lowest BCUT2D eigenvalue weighted by molar-refractivity contribution is -0.124. The second-order valence-electron chi connectivity index (χ2n) is 12.9.